The normalized spacial score (nSPS) is 27.3. The molecule has 140 valence electrons. The maximum absolute atomic E-state index is 13.0. The van der Waals surface area contributed by atoms with Crippen LogP contribution in [0.5, 0.6) is 0 Å². The van der Waals surface area contributed by atoms with Gasteiger partial charge in [-0.15, -0.1) is 0 Å². The van der Waals surface area contributed by atoms with Crippen LogP contribution in [0, 0.1) is 5.92 Å². The largest absolute Gasteiger partial charge is 0.351 e. The van der Waals surface area contributed by atoms with Crippen LogP contribution in [0.25, 0.3) is 0 Å². The minimum absolute atomic E-state index is 0.0106. The Kier molecular flexibility index (Phi) is 4.89. The Balaban J connectivity index is 1.56. The quantitative estimate of drug-likeness (QED) is 0.853. The molecule has 2 bridgehead atoms. The molecule has 2 aliphatic heterocycles. The Morgan fingerprint density at radius 3 is 2.59 bits per heavy atom. The van der Waals surface area contributed by atoms with E-state index in [2.05, 4.69) is 27.7 Å². The Morgan fingerprint density at radius 1 is 1.19 bits per heavy atom. The summed E-state index contributed by atoms with van der Waals surface area (Å²) in [5.74, 6) is -0.286. The molecule has 0 radical (unpaired) electrons. The smallest absolute Gasteiger partial charge is 0.237 e. The second-order valence-electron chi connectivity index (χ2n) is 7.30. The van der Waals surface area contributed by atoms with Crippen LogP contribution >= 0.6 is 11.6 Å². The first kappa shape index (κ1) is 18.0. The van der Waals surface area contributed by atoms with E-state index in [9.17, 15) is 9.59 Å². The first-order valence-electron chi connectivity index (χ1n) is 9.19. The van der Waals surface area contributed by atoms with E-state index in [-0.39, 0.29) is 35.9 Å². The average molecular weight is 384 g/mol. The van der Waals surface area contributed by atoms with Crippen molar-refractivity contribution < 1.29 is 9.59 Å². The molecule has 5 nitrogen and oxygen atoms in total. The monoisotopic (exact) mass is 383 g/mol. The van der Waals surface area contributed by atoms with Crippen LogP contribution in [-0.4, -0.2) is 34.8 Å². The van der Waals surface area contributed by atoms with Gasteiger partial charge in [0.1, 0.15) is 0 Å². The summed E-state index contributed by atoms with van der Waals surface area (Å²) in [4.78, 5) is 27.7. The fourth-order valence-electron chi connectivity index (χ4n) is 4.29. The molecule has 2 heterocycles. The number of nitrogens with one attached hydrogen (secondary N) is 2. The molecule has 6 heteroatoms. The molecule has 0 aliphatic carbocycles. The van der Waals surface area contributed by atoms with E-state index in [4.69, 9.17) is 11.6 Å². The predicted molar refractivity (Wildman–Crippen MR) is 105 cm³/mol. The zero-order valence-electron chi connectivity index (χ0n) is 15.1. The maximum Gasteiger partial charge on any atom is 0.237 e. The molecule has 0 aromatic heterocycles. The number of hydrogen-bond donors (Lipinski definition) is 2. The van der Waals surface area contributed by atoms with Gasteiger partial charge < -0.3 is 10.6 Å². The molecule has 0 saturated carbocycles. The van der Waals surface area contributed by atoms with Crippen molar-refractivity contribution >= 4 is 29.1 Å². The zero-order valence-corrected chi connectivity index (χ0v) is 15.8. The number of fused-ring (bicyclic) bond motifs is 2. The fourth-order valence-corrected chi connectivity index (χ4v) is 4.42. The number of anilines is 1. The molecule has 27 heavy (non-hydrogen) atoms. The number of carbonyl (C=O) groups excluding carboxylic acids is 2. The van der Waals surface area contributed by atoms with Crippen molar-refractivity contribution in [1.29, 1.82) is 0 Å². The van der Waals surface area contributed by atoms with E-state index in [1.807, 2.05) is 25.1 Å². The Hall–Kier alpha value is -2.37. The summed E-state index contributed by atoms with van der Waals surface area (Å²) >= 11 is 5.91. The van der Waals surface area contributed by atoms with Crippen molar-refractivity contribution in [2.75, 3.05) is 5.32 Å². The minimum Gasteiger partial charge on any atom is -0.351 e. The van der Waals surface area contributed by atoms with Crippen molar-refractivity contribution in [2.24, 2.45) is 5.92 Å². The lowest BCUT2D eigenvalue weighted by Crippen LogP contribution is -2.60. The van der Waals surface area contributed by atoms with E-state index < -0.39 is 0 Å². The number of piperazine rings is 1. The van der Waals surface area contributed by atoms with Crippen LogP contribution in [0.15, 0.2) is 54.6 Å². The van der Waals surface area contributed by atoms with Crippen LogP contribution in [-0.2, 0) is 16.1 Å². The number of amides is 2. The van der Waals surface area contributed by atoms with Crippen LogP contribution < -0.4 is 10.6 Å². The van der Waals surface area contributed by atoms with Gasteiger partial charge in [0.25, 0.3) is 0 Å². The second-order valence-corrected chi connectivity index (χ2v) is 7.74. The van der Waals surface area contributed by atoms with Gasteiger partial charge in [-0.05, 0) is 43.2 Å². The van der Waals surface area contributed by atoms with Crippen molar-refractivity contribution in [3.63, 3.8) is 0 Å². The molecule has 1 unspecified atom stereocenters. The number of nitrogens with zero attached hydrogens (tertiary/aromatic N) is 1. The van der Waals surface area contributed by atoms with Crippen LogP contribution in [0.3, 0.4) is 0 Å². The van der Waals surface area contributed by atoms with Crippen molar-refractivity contribution in [3.8, 4) is 0 Å². The lowest BCUT2D eigenvalue weighted by Gasteiger charge is -2.39. The zero-order chi connectivity index (χ0) is 19.0. The predicted octanol–water partition coefficient (Wildman–Crippen LogP) is 3.06. The number of benzene rings is 2. The first-order valence-corrected chi connectivity index (χ1v) is 9.57. The van der Waals surface area contributed by atoms with Gasteiger partial charge in [-0.25, -0.2) is 0 Å². The highest BCUT2D eigenvalue weighted by atomic mass is 35.5. The molecule has 4 atom stereocenters. The van der Waals surface area contributed by atoms with Gasteiger partial charge in [-0.1, -0.05) is 41.9 Å². The van der Waals surface area contributed by atoms with E-state index in [0.717, 1.165) is 5.56 Å². The van der Waals surface area contributed by atoms with Gasteiger partial charge in [0, 0.05) is 29.3 Å². The summed E-state index contributed by atoms with van der Waals surface area (Å²) in [6, 6.07) is 16.8. The third-order valence-electron chi connectivity index (χ3n) is 5.51. The Bertz CT molecular complexity index is 840. The van der Waals surface area contributed by atoms with Crippen LogP contribution in [0.4, 0.5) is 5.69 Å². The highest BCUT2D eigenvalue weighted by Crippen LogP contribution is 2.37. The summed E-state index contributed by atoms with van der Waals surface area (Å²) in [6.45, 7) is 2.64. The number of rotatable bonds is 4. The lowest BCUT2D eigenvalue weighted by molar-refractivity contribution is -0.131. The first-order chi connectivity index (χ1) is 13.0. The standard InChI is InChI=1S/C21H22ClN3O2/c1-13-19-17(20(26)24-16-9-7-15(22)8-10-16)11-18(21(27)23-13)25(19)12-14-5-3-2-4-6-14/h2-10,13,17-19H,11-12H2,1H3,(H,23,27)(H,24,26)/t13?,17-,18+,19+/m0/s1. The summed E-state index contributed by atoms with van der Waals surface area (Å²) < 4.78 is 0. The molecule has 2 aliphatic rings. The van der Waals surface area contributed by atoms with Crippen LogP contribution in [0.2, 0.25) is 5.02 Å². The Morgan fingerprint density at radius 2 is 1.89 bits per heavy atom. The van der Waals surface area contributed by atoms with Gasteiger partial charge in [-0.3, -0.25) is 14.5 Å². The minimum atomic E-state index is -0.271. The molecule has 2 amide bonds. The number of hydrogen-bond acceptors (Lipinski definition) is 3. The van der Waals surface area contributed by atoms with Gasteiger partial charge in [-0.2, -0.15) is 0 Å². The molecule has 2 fully saturated rings. The molecule has 2 saturated heterocycles. The Labute approximate surface area is 163 Å². The molecular formula is C21H22ClN3O2. The topological polar surface area (TPSA) is 61.4 Å². The van der Waals surface area contributed by atoms with Gasteiger partial charge in [0.15, 0.2) is 0 Å². The third kappa shape index (κ3) is 3.57. The SMILES string of the molecule is CC1NC(=O)[C@H]2C[C@H](C(=O)Nc3ccc(Cl)cc3)[C@@H]1N2Cc1ccccc1. The molecular weight excluding hydrogens is 362 g/mol. The lowest BCUT2D eigenvalue weighted by atomic mass is 9.94. The van der Waals surface area contributed by atoms with Crippen molar-refractivity contribution in [3.05, 3.63) is 65.2 Å². The van der Waals surface area contributed by atoms with E-state index in [0.29, 0.717) is 23.7 Å². The second kappa shape index (κ2) is 7.33. The molecule has 2 aromatic carbocycles. The molecule has 0 spiro atoms. The van der Waals surface area contributed by atoms with Gasteiger partial charge in [0.2, 0.25) is 11.8 Å². The van der Waals surface area contributed by atoms with Crippen molar-refractivity contribution in [2.45, 2.75) is 38.0 Å². The van der Waals surface area contributed by atoms with Crippen molar-refractivity contribution in [1.82, 2.24) is 10.2 Å². The fraction of sp³-hybridized carbons (Fsp3) is 0.333. The summed E-state index contributed by atoms with van der Waals surface area (Å²) in [7, 11) is 0. The third-order valence-corrected chi connectivity index (χ3v) is 5.77. The molecule has 4 rings (SSSR count). The number of carbonyl (C=O) groups is 2. The average Bonchev–Trinajstić information content (AvgIpc) is 2.97. The molecule has 2 aromatic rings. The summed E-state index contributed by atoms with van der Waals surface area (Å²) in [6.07, 6.45) is 0.535. The van der Waals surface area contributed by atoms with Gasteiger partial charge >= 0.3 is 0 Å². The maximum atomic E-state index is 13.0. The van der Waals surface area contributed by atoms with E-state index >= 15 is 0 Å². The molecule has 2 N–H and O–H groups in total. The van der Waals surface area contributed by atoms with E-state index in [1.54, 1.807) is 24.3 Å². The van der Waals surface area contributed by atoms with E-state index in [1.165, 1.54) is 0 Å². The highest BCUT2D eigenvalue weighted by molar-refractivity contribution is 6.30. The van der Waals surface area contributed by atoms with Gasteiger partial charge in [0.05, 0.1) is 12.0 Å². The van der Waals surface area contributed by atoms with Crippen LogP contribution in [0.1, 0.15) is 18.9 Å². The highest BCUT2D eigenvalue weighted by Gasteiger charge is 2.53. The number of halogens is 1. The summed E-state index contributed by atoms with van der Waals surface area (Å²) in [5.41, 5.74) is 1.86. The summed E-state index contributed by atoms with van der Waals surface area (Å²) in [5, 5.41) is 6.64.